The Bertz CT molecular complexity index is 459. The summed E-state index contributed by atoms with van der Waals surface area (Å²) in [7, 11) is 0. The lowest BCUT2D eigenvalue weighted by atomic mass is 10.2. The Morgan fingerprint density at radius 1 is 1.13 bits per heavy atom. The zero-order valence-corrected chi connectivity index (χ0v) is 10.1. The topological polar surface area (TPSA) is 30.2 Å². The number of benzene rings is 1. The van der Waals surface area contributed by atoms with Gasteiger partial charge in [0.1, 0.15) is 5.76 Å². The highest BCUT2D eigenvalue weighted by atomic mass is 127. The third-order valence-electron chi connectivity index (χ3n) is 2.06. The van der Waals surface area contributed by atoms with Crippen molar-refractivity contribution in [3.8, 4) is 11.3 Å². The molecule has 1 aromatic heterocycles. The molecule has 0 fully saturated rings. The summed E-state index contributed by atoms with van der Waals surface area (Å²) in [5.74, 6) is 1.20. The lowest BCUT2D eigenvalue weighted by molar-refractivity contribution is 0.0996. The van der Waals surface area contributed by atoms with Gasteiger partial charge in [0.25, 0.3) is 0 Å². The van der Waals surface area contributed by atoms with E-state index in [1.165, 1.54) is 0 Å². The molecule has 0 aliphatic heterocycles. The number of hydrogen-bond acceptors (Lipinski definition) is 2. The summed E-state index contributed by atoms with van der Waals surface area (Å²) in [4.78, 5) is 11.4. The summed E-state index contributed by atoms with van der Waals surface area (Å²) in [6, 6.07) is 13.3. The molecule has 0 atom stereocenters. The molecule has 1 aromatic carbocycles. The van der Waals surface area contributed by atoms with E-state index >= 15 is 0 Å². The molecule has 15 heavy (non-hydrogen) atoms. The van der Waals surface area contributed by atoms with E-state index in [9.17, 15) is 4.79 Å². The largest absolute Gasteiger partial charge is 0.453 e. The van der Waals surface area contributed by atoms with Crippen molar-refractivity contribution >= 4 is 28.4 Å². The van der Waals surface area contributed by atoms with Gasteiger partial charge in [0.05, 0.1) is 4.43 Å². The standard InChI is InChI=1S/C12H9IO2/c13-8-10(14)12-7-6-11(15-12)9-4-2-1-3-5-9/h1-7H,8H2. The maximum Gasteiger partial charge on any atom is 0.207 e. The molecule has 0 amide bonds. The van der Waals surface area contributed by atoms with Gasteiger partial charge in [-0.2, -0.15) is 0 Å². The molecule has 0 unspecified atom stereocenters. The van der Waals surface area contributed by atoms with Crippen molar-refractivity contribution in [2.45, 2.75) is 0 Å². The summed E-state index contributed by atoms with van der Waals surface area (Å²) in [6.45, 7) is 0. The second-order valence-electron chi connectivity index (χ2n) is 3.09. The van der Waals surface area contributed by atoms with Gasteiger partial charge in [0.2, 0.25) is 5.78 Å². The molecule has 0 N–H and O–H groups in total. The van der Waals surface area contributed by atoms with Crippen molar-refractivity contribution in [2.75, 3.05) is 4.43 Å². The van der Waals surface area contributed by atoms with E-state index in [0.717, 1.165) is 11.3 Å². The van der Waals surface area contributed by atoms with Crippen LogP contribution in [0.4, 0.5) is 0 Å². The molecule has 2 rings (SSSR count). The summed E-state index contributed by atoms with van der Waals surface area (Å²) >= 11 is 2.03. The fraction of sp³-hybridized carbons (Fsp3) is 0.0833. The minimum atomic E-state index is 0.0257. The smallest absolute Gasteiger partial charge is 0.207 e. The number of rotatable bonds is 3. The lowest BCUT2D eigenvalue weighted by Crippen LogP contribution is -1.96. The molecular weight excluding hydrogens is 303 g/mol. The van der Waals surface area contributed by atoms with Crippen LogP contribution in [0.15, 0.2) is 46.9 Å². The number of furan rings is 1. The van der Waals surface area contributed by atoms with Crippen LogP contribution in [0.5, 0.6) is 0 Å². The van der Waals surface area contributed by atoms with Crippen LogP contribution in [0.1, 0.15) is 10.6 Å². The minimum absolute atomic E-state index is 0.0257. The fourth-order valence-electron chi connectivity index (χ4n) is 1.31. The summed E-state index contributed by atoms with van der Waals surface area (Å²) in [5, 5.41) is 0. The van der Waals surface area contributed by atoms with Crippen LogP contribution in [0, 0.1) is 0 Å². The van der Waals surface area contributed by atoms with E-state index in [-0.39, 0.29) is 5.78 Å². The van der Waals surface area contributed by atoms with Gasteiger partial charge in [-0.15, -0.1) is 0 Å². The minimum Gasteiger partial charge on any atom is -0.453 e. The van der Waals surface area contributed by atoms with Gasteiger partial charge in [-0.3, -0.25) is 4.79 Å². The Morgan fingerprint density at radius 2 is 1.87 bits per heavy atom. The molecule has 0 spiro atoms. The first-order chi connectivity index (χ1) is 7.31. The van der Waals surface area contributed by atoms with E-state index in [4.69, 9.17) is 4.42 Å². The Morgan fingerprint density at radius 3 is 2.53 bits per heavy atom. The molecule has 76 valence electrons. The SMILES string of the molecule is O=C(CI)c1ccc(-c2ccccc2)o1. The van der Waals surface area contributed by atoms with Crippen LogP contribution < -0.4 is 0 Å². The predicted octanol–water partition coefficient (Wildman–Crippen LogP) is 3.56. The molecule has 0 bridgehead atoms. The first-order valence-corrected chi connectivity index (χ1v) is 6.08. The van der Waals surface area contributed by atoms with Gasteiger partial charge in [-0.25, -0.2) is 0 Å². The van der Waals surface area contributed by atoms with Gasteiger partial charge in [0.15, 0.2) is 5.76 Å². The van der Waals surface area contributed by atoms with Crippen LogP contribution in [-0.2, 0) is 0 Å². The van der Waals surface area contributed by atoms with E-state index in [1.54, 1.807) is 6.07 Å². The van der Waals surface area contributed by atoms with Crippen LogP contribution in [0.2, 0.25) is 0 Å². The maximum absolute atomic E-state index is 11.4. The van der Waals surface area contributed by atoms with Gasteiger partial charge >= 0.3 is 0 Å². The van der Waals surface area contributed by atoms with E-state index in [0.29, 0.717) is 10.2 Å². The molecule has 2 aromatic rings. The Hall–Kier alpha value is -1.10. The third-order valence-corrected chi connectivity index (χ3v) is 2.75. The third kappa shape index (κ3) is 2.28. The molecule has 0 aliphatic rings. The highest BCUT2D eigenvalue weighted by Crippen LogP contribution is 2.22. The molecule has 2 nitrogen and oxygen atoms in total. The van der Waals surface area contributed by atoms with Crippen molar-refractivity contribution < 1.29 is 9.21 Å². The number of hydrogen-bond donors (Lipinski definition) is 0. The van der Waals surface area contributed by atoms with Crippen molar-refractivity contribution in [1.82, 2.24) is 0 Å². The first-order valence-electron chi connectivity index (χ1n) is 4.55. The molecule has 0 saturated carbocycles. The maximum atomic E-state index is 11.4. The molecule has 0 aliphatic carbocycles. The molecule has 1 heterocycles. The highest BCUT2D eigenvalue weighted by molar-refractivity contribution is 14.1. The van der Waals surface area contributed by atoms with Crippen molar-refractivity contribution in [2.24, 2.45) is 0 Å². The number of carbonyl (C=O) groups is 1. The molecule has 0 saturated heterocycles. The normalized spacial score (nSPS) is 10.2. The van der Waals surface area contributed by atoms with E-state index in [1.807, 2.05) is 59.0 Å². The monoisotopic (exact) mass is 312 g/mol. The molecule has 3 heteroatoms. The Labute approximate surface area is 101 Å². The van der Waals surface area contributed by atoms with Crippen molar-refractivity contribution in [3.05, 3.63) is 48.2 Å². The molecule has 0 radical (unpaired) electrons. The van der Waals surface area contributed by atoms with Crippen molar-refractivity contribution in [1.29, 1.82) is 0 Å². The summed E-state index contributed by atoms with van der Waals surface area (Å²) < 4.78 is 5.91. The Balaban J connectivity index is 2.32. The van der Waals surface area contributed by atoms with Gasteiger partial charge in [-0.05, 0) is 12.1 Å². The van der Waals surface area contributed by atoms with Gasteiger partial charge in [0, 0.05) is 5.56 Å². The van der Waals surface area contributed by atoms with Crippen LogP contribution >= 0.6 is 22.6 Å². The van der Waals surface area contributed by atoms with E-state index in [2.05, 4.69) is 0 Å². The molecular formula is C12H9IO2. The predicted molar refractivity (Wildman–Crippen MR) is 67.4 cm³/mol. The number of halogens is 1. The first kappa shape index (κ1) is 10.4. The van der Waals surface area contributed by atoms with Gasteiger partial charge in [-0.1, -0.05) is 52.9 Å². The van der Waals surface area contributed by atoms with Crippen molar-refractivity contribution in [3.63, 3.8) is 0 Å². The number of alkyl halides is 1. The van der Waals surface area contributed by atoms with Crippen LogP contribution in [0.3, 0.4) is 0 Å². The second kappa shape index (κ2) is 4.61. The van der Waals surface area contributed by atoms with Gasteiger partial charge < -0.3 is 4.42 Å². The lowest BCUT2D eigenvalue weighted by Gasteiger charge is -1.95. The quantitative estimate of drug-likeness (QED) is 0.493. The number of ketones is 1. The number of Topliss-reactive ketones (excluding diaryl/α,β-unsaturated/α-hetero) is 1. The average molecular weight is 312 g/mol. The number of carbonyl (C=O) groups excluding carboxylic acids is 1. The highest BCUT2D eigenvalue weighted by Gasteiger charge is 2.10. The Kier molecular flexibility index (Phi) is 3.20. The fourth-order valence-corrected chi connectivity index (χ4v) is 1.69. The zero-order valence-electron chi connectivity index (χ0n) is 7.94. The van der Waals surface area contributed by atoms with E-state index < -0.39 is 0 Å². The summed E-state index contributed by atoms with van der Waals surface area (Å²) in [5.41, 5.74) is 0.991. The van der Waals surface area contributed by atoms with Crippen LogP contribution in [0.25, 0.3) is 11.3 Å². The second-order valence-corrected chi connectivity index (χ2v) is 3.85. The average Bonchev–Trinajstić information content (AvgIpc) is 2.78. The van der Waals surface area contributed by atoms with Crippen LogP contribution in [-0.4, -0.2) is 10.2 Å². The zero-order chi connectivity index (χ0) is 10.7. The summed E-state index contributed by atoms with van der Waals surface area (Å²) in [6.07, 6.45) is 0.